The van der Waals surface area contributed by atoms with E-state index in [1.54, 1.807) is 23.3 Å². The first kappa shape index (κ1) is 21.0. The van der Waals surface area contributed by atoms with Gasteiger partial charge in [-0.3, -0.25) is 14.4 Å². The Morgan fingerprint density at radius 3 is 2.12 bits per heavy atom. The van der Waals surface area contributed by atoms with Crippen molar-refractivity contribution in [2.24, 2.45) is 5.92 Å². The number of amides is 2. The molecule has 0 aromatic heterocycles. The molecule has 7 heteroatoms. The third kappa shape index (κ3) is 3.28. The summed E-state index contributed by atoms with van der Waals surface area (Å²) in [5, 5.41) is 2.16. The van der Waals surface area contributed by atoms with E-state index < -0.39 is 24.0 Å². The van der Waals surface area contributed by atoms with Gasteiger partial charge in [0.2, 0.25) is 5.91 Å². The van der Waals surface area contributed by atoms with Crippen molar-refractivity contribution in [1.82, 2.24) is 0 Å². The van der Waals surface area contributed by atoms with Crippen LogP contribution in [0.1, 0.15) is 24.1 Å². The van der Waals surface area contributed by atoms with Crippen molar-refractivity contribution in [1.29, 1.82) is 0 Å². The Morgan fingerprint density at radius 1 is 0.844 bits per heavy atom. The average Bonchev–Trinajstić information content (AvgIpc) is 3.31. The van der Waals surface area contributed by atoms with Crippen molar-refractivity contribution in [3.63, 3.8) is 0 Å². The van der Waals surface area contributed by atoms with Crippen LogP contribution in [0.4, 0.5) is 11.4 Å². The molecule has 5 rings (SSSR count). The Morgan fingerprint density at radius 2 is 1.50 bits per heavy atom. The van der Waals surface area contributed by atoms with Crippen LogP contribution in [0.2, 0.25) is 10.0 Å². The van der Waals surface area contributed by atoms with Gasteiger partial charge < -0.3 is 0 Å². The Hall–Kier alpha value is -2.86. The molecule has 32 heavy (non-hydrogen) atoms. The van der Waals surface area contributed by atoms with Gasteiger partial charge in [0.1, 0.15) is 5.92 Å². The van der Waals surface area contributed by atoms with Gasteiger partial charge in [-0.25, -0.2) is 9.96 Å². The van der Waals surface area contributed by atoms with Gasteiger partial charge in [-0.2, -0.15) is 0 Å². The normalized spacial score (nSPS) is 22.5. The average molecular weight is 467 g/mol. The van der Waals surface area contributed by atoms with Gasteiger partial charge in [-0.1, -0.05) is 78.7 Å². The summed E-state index contributed by atoms with van der Waals surface area (Å²) in [5.41, 5.74) is 3.06. The molecule has 0 radical (unpaired) electrons. The Bertz CT molecular complexity index is 1160. The number of aryl methyl sites for hydroxylation is 1. The number of hydrogen-bond donors (Lipinski definition) is 0. The molecule has 2 heterocycles. The molecule has 2 saturated heterocycles. The molecule has 3 atom stereocenters. The van der Waals surface area contributed by atoms with Crippen LogP contribution in [0.3, 0.4) is 0 Å². The summed E-state index contributed by atoms with van der Waals surface area (Å²) in [6.07, 6.45) is -0.0579. The maximum absolute atomic E-state index is 13.7. The molecule has 5 nitrogen and oxygen atoms in total. The monoisotopic (exact) mass is 466 g/mol. The number of anilines is 2. The van der Waals surface area contributed by atoms with E-state index in [1.165, 1.54) is 5.56 Å². The van der Waals surface area contributed by atoms with E-state index in [0.717, 1.165) is 22.6 Å². The quantitative estimate of drug-likeness (QED) is 0.469. The molecular formula is C25H20Cl2N2O3. The fraction of sp³-hybridized carbons (Fsp3) is 0.200. The van der Waals surface area contributed by atoms with Gasteiger partial charge in [0, 0.05) is 0 Å². The Labute approximate surface area is 196 Å². The molecule has 0 bridgehead atoms. The molecule has 2 fully saturated rings. The van der Waals surface area contributed by atoms with Gasteiger partial charge in [-0.05, 0) is 41.8 Å². The minimum Gasteiger partial charge on any atom is -0.273 e. The highest BCUT2D eigenvalue weighted by molar-refractivity contribution is 6.42. The van der Waals surface area contributed by atoms with Gasteiger partial charge in [0.05, 0.1) is 27.5 Å². The van der Waals surface area contributed by atoms with Crippen LogP contribution in [0.5, 0.6) is 0 Å². The summed E-state index contributed by atoms with van der Waals surface area (Å²) < 4.78 is 0. The lowest BCUT2D eigenvalue weighted by Gasteiger charge is -2.29. The number of rotatable bonds is 4. The topological polar surface area (TPSA) is 49.9 Å². The third-order valence-electron chi connectivity index (χ3n) is 6.02. The van der Waals surface area contributed by atoms with Crippen molar-refractivity contribution in [3.05, 3.63) is 94.0 Å². The molecule has 0 aliphatic carbocycles. The van der Waals surface area contributed by atoms with E-state index in [-0.39, 0.29) is 21.6 Å². The Kier molecular flexibility index (Phi) is 5.41. The van der Waals surface area contributed by atoms with Crippen LogP contribution in [0, 0.1) is 5.92 Å². The highest BCUT2D eigenvalue weighted by Gasteiger charge is 2.60. The van der Waals surface area contributed by atoms with Crippen LogP contribution in [0.25, 0.3) is 0 Å². The third-order valence-corrected chi connectivity index (χ3v) is 6.63. The molecule has 0 unspecified atom stereocenters. The number of hydroxylamine groups is 1. The molecule has 162 valence electrons. The van der Waals surface area contributed by atoms with Crippen molar-refractivity contribution < 1.29 is 14.4 Å². The summed E-state index contributed by atoms with van der Waals surface area (Å²) >= 11 is 12.7. The second-order valence-electron chi connectivity index (χ2n) is 7.84. The smallest absolute Gasteiger partial charge is 0.266 e. The number of fused-ring (bicyclic) bond motifs is 1. The van der Waals surface area contributed by atoms with Crippen LogP contribution in [-0.2, 0) is 20.8 Å². The SMILES string of the molecule is CCc1ccc([C@@H]2[C@@H]3C(=O)N(c4c(Cl)cccc4Cl)C(=O)[C@H]3ON2c2ccccc2)cc1. The van der Waals surface area contributed by atoms with E-state index in [4.69, 9.17) is 28.0 Å². The molecule has 0 N–H and O–H groups in total. The zero-order valence-corrected chi connectivity index (χ0v) is 18.8. The second-order valence-corrected chi connectivity index (χ2v) is 8.65. The predicted octanol–water partition coefficient (Wildman–Crippen LogP) is 5.61. The maximum Gasteiger partial charge on any atom is 0.266 e. The van der Waals surface area contributed by atoms with Gasteiger partial charge in [-0.15, -0.1) is 0 Å². The first-order chi connectivity index (χ1) is 15.5. The zero-order chi connectivity index (χ0) is 22.4. The first-order valence-electron chi connectivity index (χ1n) is 10.4. The summed E-state index contributed by atoms with van der Waals surface area (Å²) in [6, 6.07) is 22.0. The fourth-order valence-electron chi connectivity index (χ4n) is 4.43. The first-order valence-corrected chi connectivity index (χ1v) is 11.2. The van der Waals surface area contributed by atoms with Gasteiger partial charge in [0.25, 0.3) is 5.91 Å². The number of imide groups is 1. The Balaban J connectivity index is 1.60. The minimum absolute atomic E-state index is 0.204. The lowest BCUT2D eigenvalue weighted by molar-refractivity contribution is -0.126. The van der Waals surface area contributed by atoms with Crippen molar-refractivity contribution >= 4 is 46.4 Å². The number of carbonyl (C=O) groups is 2. The molecular weight excluding hydrogens is 447 g/mol. The number of hydrogen-bond acceptors (Lipinski definition) is 4. The molecule has 3 aromatic carbocycles. The number of nitrogens with zero attached hydrogens (tertiary/aromatic N) is 2. The van der Waals surface area contributed by atoms with Gasteiger partial charge in [0.15, 0.2) is 6.10 Å². The van der Waals surface area contributed by atoms with E-state index in [0.29, 0.717) is 0 Å². The van der Waals surface area contributed by atoms with Crippen molar-refractivity contribution in [2.75, 3.05) is 9.96 Å². The number of halogens is 2. The summed E-state index contributed by atoms with van der Waals surface area (Å²) in [5.74, 6) is -1.58. The van der Waals surface area contributed by atoms with Gasteiger partial charge >= 0.3 is 0 Å². The van der Waals surface area contributed by atoms with Crippen molar-refractivity contribution in [2.45, 2.75) is 25.5 Å². The highest BCUT2D eigenvalue weighted by atomic mass is 35.5. The lowest BCUT2D eigenvalue weighted by Crippen LogP contribution is -2.37. The fourth-order valence-corrected chi connectivity index (χ4v) is 4.99. The summed E-state index contributed by atoms with van der Waals surface area (Å²) in [4.78, 5) is 34.3. The zero-order valence-electron chi connectivity index (χ0n) is 17.2. The van der Waals surface area contributed by atoms with Crippen molar-refractivity contribution in [3.8, 4) is 0 Å². The molecule has 0 spiro atoms. The molecule has 2 aliphatic heterocycles. The molecule has 2 aliphatic rings. The predicted molar refractivity (Wildman–Crippen MR) is 125 cm³/mol. The number of carbonyl (C=O) groups excluding carboxylic acids is 2. The molecule has 0 saturated carbocycles. The summed E-state index contributed by atoms with van der Waals surface area (Å²) in [6.45, 7) is 2.09. The van der Waals surface area contributed by atoms with E-state index in [1.807, 2.05) is 54.6 Å². The molecule has 3 aromatic rings. The standard InChI is InChI=1S/C25H20Cl2N2O3/c1-2-15-11-13-16(14-12-15)21-20-23(32-29(21)17-7-4-3-5-8-17)25(31)28(24(20)30)22-18(26)9-6-10-19(22)27/h3-14,20-21,23H,2H2,1H3/t20-,21+,23-/m0/s1. The minimum atomic E-state index is -0.967. The van der Waals surface area contributed by atoms with E-state index >= 15 is 0 Å². The molecule has 2 amide bonds. The maximum atomic E-state index is 13.7. The van der Waals surface area contributed by atoms with Crippen LogP contribution in [-0.4, -0.2) is 17.9 Å². The summed E-state index contributed by atoms with van der Waals surface area (Å²) in [7, 11) is 0. The lowest BCUT2D eigenvalue weighted by atomic mass is 9.90. The van der Waals surface area contributed by atoms with Crippen LogP contribution in [0.15, 0.2) is 72.8 Å². The second kappa shape index (κ2) is 8.24. The van der Waals surface area contributed by atoms with Crippen LogP contribution >= 0.6 is 23.2 Å². The largest absolute Gasteiger partial charge is 0.273 e. The van der Waals surface area contributed by atoms with E-state index in [2.05, 4.69) is 6.92 Å². The number of para-hydroxylation sites is 2. The highest BCUT2D eigenvalue weighted by Crippen LogP contribution is 2.49. The van der Waals surface area contributed by atoms with E-state index in [9.17, 15) is 9.59 Å². The number of benzene rings is 3. The van der Waals surface area contributed by atoms with Crippen LogP contribution < -0.4 is 9.96 Å².